The third-order valence-corrected chi connectivity index (χ3v) is 5.57. The van der Waals surface area contributed by atoms with Gasteiger partial charge in [0.2, 0.25) is 0 Å². The van der Waals surface area contributed by atoms with Crippen LogP contribution in [-0.2, 0) is 0 Å². The zero-order chi connectivity index (χ0) is 14.2. The van der Waals surface area contributed by atoms with Crippen molar-refractivity contribution in [3.05, 3.63) is 28.8 Å². The van der Waals surface area contributed by atoms with E-state index >= 15 is 0 Å². The summed E-state index contributed by atoms with van der Waals surface area (Å²) in [6, 6.07) is 6.55. The lowest BCUT2D eigenvalue weighted by atomic mass is 9.55. The second-order valence-corrected chi connectivity index (χ2v) is 6.82. The first kappa shape index (κ1) is 14.2. The van der Waals surface area contributed by atoms with E-state index in [1.165, 1.54) is 37.7 Å². The van der Waals surface area contributed by atoms with Gasteiger partial charge in [0, 0.05) is 22.9 Å². The fraction of sp³-hybridized carbons (Fsp3) is 0.647. The van der Waals surface area contributed by atoms with Gasteiger partial charge in [-0.1, -0.05) is 36.9 Å². The molecule has 0 aromatic heterocycles. The molecule has 0 radical (unpaired) electrons. The van der Waals surface area contributed by atoms with E-state index in [-0.39, 0.29) is 0 Å². The van der Waals surface area contributed by atoms with Crippen molar-refractivity contribution in [2.24, 2.45) is 5.41 Å². The highest BCUT2D eigenvalue weighted by Gasteiger charge is 2.55. The monoisotopic (exact) mass is 293 g/mol. The summed E-state index contributed by atoms with van der Waals surface area (Å²) >= 11 is 6.10. The molecule has 2 aliphatic rings. The molecule has 2 unspecified atom stereocenters. The summed E-state index contributed by atoms with van der Waals surface area (Å²) in [4.78, 5) is 0. The van der Waals surface area contributed by atoms with Gasteiger partial charge in [0.1, 0.15) is 11.9 Å². The molecule has 2 saturated carbocycles. The van der Waals surface area contributed by atoms with Crippen molar-refractivity contribution in [2.45, 2.75) is 57.6 Å². The lowest BCUT2D eigenvalue weighted by molar-refractivity contribution is -0.101. The van der Waals surface area contributed by atoms with E-state index in [0.717, 1.165) is 17.2 Å². The highest BCUT2D eigenvalue weighted by molar-refractivity contribution is 6.30. The molecule has 2 fully saturated rings. The SMILES string of the molecule is CNC1CC(Oc2cc(Cl)ccc2C)C12CCCCC2. The summed E-state index contributed by atoms with van der Waals surface area (Å²) in [7, 11) is 2.09. The van der Waals surface area contributed by atoms with Crippen molar-refractivity contribution in [1.82, 2.24) is 5.32 Å². The minimum absolute atomic E-state index is 0.345. The van der Waals surface area contributed by atoms with E-state index in [4.69, 9.17) is 16.3 Å². The van der Waals surface area contributed by atoms with Gasteiger partial charge in [-0.15, -0.1) is 0 Å². The largest absolute Gasteiger partial charge is 0.489 e. The van der Waals surface area contributed by atoms with Crippen LogP contribution in [0.2, 0.25) is 5.02 Å². The molecule has 0 saturated heterocycles. The van der Waals surface area contributed by atoms with Crippen molar-refractivity contribution in [3.63, 3.8) is 0 Å². The van der Waals surface area contributed by atoms with Gasteiger partial charge in [-0.05, 0) is 44.5 Å². The zero-order valence-corrected chi connectivity index (χ0v) is 13.2. The summed E-state index contributed by atoms with van der Waals surface area (Å²) in [5.74, 6) is 0.960. The highest BCUT2D eigenvalue weighted by atomic mass is 35.5. The summed E-state index contributed by atoms with van der Waals surface area (Å²) < 4.78 is 6.36. The summed E-state index contributed by atoms with van der Waals surface area (Å²) in [6.45, 7) is 2.09. The van der Waals surface area contributed by atoms with E-state index < -0.39 is 0 Å². The maximum absolute atomic E-state index is 6.36. The molecule has 2 aliphatic carbocycles. The van der Waals surface area contributed by atoms with Crippen LogP contribution < -0.4 is 10.1 Å². The lowest BCUT2D eigenvalue weighted by Gasteiger charge is -2.57. The molecule has 3 rings (SSSR count). The molecule has 0 amide bonds. The predicted octanol–water partition coefficient (Wildman–Crippen LogP) is 4.34. The number of nitrogens with one attached hydrogen (secondary N) is 1. The van der Waals surface area contributed by atoms with Crippen LogP contribution >= 0.6 is 11.6 Å². The van der Waals surface area contributed by atoms with Gasteiger partial charge in [-0.3, -0.25) is 0 Å². The molecular weight excluding hydrogens is 270 g/mol. The number of hydrogen-bond donors (Lipinski definition) is 1. The van der Waals surface area contributed by atoms with Gasteiger partial charge >= 0.3 is 0 Å². The van der Waals surface area contributed by atoms with Gasteiger partial charge in [0.25, 0.3) is 0 Å². The smallest absolute Gasteiger partial charge is 0.124 e. The topological polar surface area (TPSA) is 21.3 Å². The van der Waals surface area contributed by atoms with Crippen molar-refractivity contribution >= 4 is 11.6 Å². The molecule has 2 atom stereocenters. The number of hydrogen-bond acceptors (Lipinski definition) is 2. The Balaban J connectivity index is 1.78. The number of aryl methyl sites for hydroxylation is 1. The van der Waals surface area contributed by atoms with Gasteiger partial charge in [-0.2, -0.15) is 0 Å². The molecule has 1 N–H and O–H groups in total. The summed E-state index contributed by atoms with van der Waals surface area (Å²) in [5.41, 5.74) is 1.52. The number of ether oxygens (including phenoxy) is 1. The first-order chi connectivity index (χ1) is 9.65. The molecule has 1 aromatic carbocycles. The molecule has 0 bridgehead atoms. The molecule has 2 nitrogen and oxygen atoms in total. The van der Waals surface area contributed by atoms with Crippen molar-refractivity contribution in [3.8, 4) is 5.75 Å². The minimum Gasteiger partial charge on any atom is -0.489 e. The van der Waals surface area contributed by atoms with Crippen LogP contribution in [0.25, 0.3) is 0 Å². The summed E-state index contributed by atoms with van der Waals surface area (Å²) in [6.07, 6.45) is 8.10. The van der Waals surface area contributed by atoms with Crippen molar-refractivity contribution < 1.29 is 4.74 Å². The van der Waals surface area contributed by atoms with E-state index in [1.54, 1.807) is 0 Å². The Morgan fingerprint density at radius 2 is 2.00 bits per heavy atom. The quantitative estimate of drug-likeness (QED) is 0.895. The number of halogens is 1. The van der Waals surface area contributed by atoms with Crippen LogP contribution in [-0.4, -0.2) is 19.2 Å². The Morgan fingerprint density at radius 1 is 1.25 bits per heavy atom. The zero-order valence-electron chi connectivity index (χ0n) is 12.4. The Hall–Kier alpha value is -0.730. The second-order valence-electron chi connectivity index (χ2n) is 6.39. The van der Waals surface area contributed by atoms with Crippen LogP contribution in [0.4, 0.5) is 0 Å². The molecule has 20 heavy (non-hydrogen) atoms. The highest BCUT2D eigenvalue weighted by Crippen LogP contribution is 2.53. The molecule has 1 aromatic rings. The molecular formula is C17H24ClNO. The Labute approximate surface area is 126 Å². The van der Waals surface area contributed by atoms with Crippen LogP contribution in [0.3, 0.4) is 0 Å². The third kappa shape index (κ3) is 2.33. The predicted molar refractivity (Wildman–Crippen MR) is 83.6 cm³/mol. The standard InChI is InChI=1S/C17H24ClNO/c1-12-6-7-13(18)10-14(12)20-16-11-15(19-2)17(16)8-4-3-5-9-17/h6-7,10,15-16,19H,3-5,8-9,11H2,1-2H3. The first-order valence-corrected chi connectivity index (χ1v) is 8.13. The van der Waals surface area contributed by atoms with E-state index in [2.05, 4.69) is 19.3 Å². The minimum atomic E-state index is 0.345. The van der Waals surface area contributed by atoms with Crippen LogP contribution in [0.1, 0.15) is 44.1 Å². The average Bonchev–Trinajstić information content (AvgIpc) is 2.47. The second kappa shape index (κ2) is 5.57. The molecule has 0 heterocycles. The molecule has 3 heteroatoms. The van der Waals surface area contributed by atoms with Gasteiger partial charge in [0.15, 0.2) is 0 Å². The van der Waals surface area contributed by atoms with Crippen LogP contribution in [0, 0.1) is 12.3 Å². The van der Waals surface area contributed by atoms with E-state index in [1.807, 2.05) is 18.2 Å². The van der Waals surface area contributed by atoms with Crippen LogP contribution in [0.5, 0.6) is 5.75 Å². The first-order valence-electron chi connectivity index (χ1n) is 7.76. The lowest BCUT2D eigenvalue weighted by Crippen LogP contribution is -2.64. The fourth-order valence-corrected chi connectivity index (χ4v) is 4.21. The van der Waals surface area contributed by atoms with Gasteiger partial charge in [-0.25, -0.2) is 0 Å². The van der Waals surface area contributed by atoms with Gasteiger partial charge < -0.3 is 10.1 Å². The molecule has 110 valence electrons. The van der Waals surface area contributed by atoms with E-state index in [9.17, 15) is 0 Å². The van der Waals surface area contributed by atoms with Crippen LogP contribution in [0.15, 0.2) is 18.2 Å². The Bertz CT molecular complexity index is 482. The summed E-state index contributed by atoms with van der Waals surface area (Å²) in [5, 5.41) is 4.25. The van der Waals surface area contributed by atoms with E-state index in [0.29, 0.717) is 17.6 Å². The number of benzene rings is 1. The molecule has 0 aliphatic heterocycles. The van der Waals surface area contributed by atoms with Crippen molar-refractivity contribution in [2.75, 3.05) is 7.05 Å². The normalized spacial score (nSPS) is 28.1. The average molecular weight is 294 g/mol. The van der Waals surface area contributed by atoms with Crippen molar-refractivity contribution in [1.29, 1.82) is 0 Å². The Kier molecular flexibility index (Phi) is 3.96. The fourth-order valence-electron chi connectivity index (χ4n) is 4.05. The maximum Gasteiger partial charge on any atom is 0.124 e. The molecule has 1 spiro atoms. The Morgan fingerprint density at radius 3 is 2.70 bits per heavy atom. The third-order valence-electron chi connectivity index (χ3n) is 5.34. The number of rotatable bonds is 3. The van der Waals surface area contributed by atoms with Gasteiger partial charge in [0.05, 0.1) is 0 Å². The maximum atomic E-state index is 6.36.